The highest BCUT2D eigenvalue weighted by Gasteiger charge is 2.31. The van der Waals surface area contributed by atoms with Crippen LogP contribution in [0.1, 0.15) is 44.6 Å². The minimum absolute atomic E-state index is 0.413. The Hall–Kier alpha value is -0.130. The van der Waals surface area contributed by atoms with E-state index in [2.05, 4.69) is 59.1 Å². The molecule has 22 heavy (non-hydrogen) atoms. The van der Waals surface area contributed by atoms with E-state index in [1.165, 1.54) is 41.2 Å². The van der Waals surface area contributed by atoms with Crippen molar-refractivity contribution in [3.8, 4) is 0 Å². The molecule has 0 aromatic heterocycles. The Morgan fingerprint density at radius 2 is 1.91 bits per heavy atom. The highest BCUT2D eigenvalue weighted by molar-refractivity contribution is 14.1. The first kappa shape index (κ1) is 16.7. The van der Waals surface area contributed by atoms with Gasteiger partial charge in [-0.1, -0.05) is 51.2 Å². The molecular weight excluding hydrogens is 385 g/mol. The molecule has 1 aliphatic heterocycles. The van der Waals surface area contributed by atoms with E-state index in [9.17, 15) is 0 Å². The Morgan fingerprint density at radius 1 is 1.18 bits per heavy atom. The van der Waals surface area contributed by atoms with Crippen molar-refractivity contribution >= 4 is 22.6 Å². The molecule has 2 nitrogen and oxygen atoms in total. The van der Waals surface area contributed by atoms with Gasteiger partial charge >= 0.3 is 0 Å². The zero-order valence-corrected chi connectivity index (χ0v) is 15.7. The van der Waals surface area contributed by atoms with E-state index in [1.54, 1.807) is 0 Å². The normalized spacial score (nSPS) is 28.5. The van der Waals surface area contributed by atoms with Crippen molar-refractivity contribution < 1.29 is 4.74 Å². The number of hydrogen-bond donors (Lipinski definition) is 1. The molecule has 3 heteroatoms. The van der Waals surface area contributed by atoms with Gasteiger partial charge in [0.25, 0.3) is 0 Å². The van der Waals surface area contributed by atoms with Crippen LogP contribution in [-0.4, -0.2) is 25.3 Å². The summed E-state index contributed by atoms with van der Waals surface area (Å²) in [7, 11) is 0. The maximum Gasteiger partial charge on any atom is 0.0728 e. The van der Waals surface area contributed by atoms with Crippen LogP contribution < -0.4 is 5.32 Å². The predicted molar refractivity (Wildman–Crippen MR) is 100 cm³/mol. The van der Waals surface area contributed by atoms with Gasteiger partial charge in [0.2, 0.25) is 0 Å². The Labute approximate surface area is 148 Å². The van der Waals surface area contributed by atoms with Crippen LogP contribution in [0.15, 0.2) is 24.3 Å². The first-order chi connectivity index (χ1) is 10.7. The van der Waals surface area contributed by atoms with E-state index in [0.29, 0.717) is 18.1 Å². The van der Waals surface area contributed by atoms with Gasteiger partial charge in [-0.05, 0) is 58.5 Å². The number of rotatable bonds is 4. The molecule has 1 unspecified atom stereocenters. The first-order valence-electron chi connectivity index (χ1n) is 8.82. The molecule has 2 aliphatic rings. The summed E-state index contributed by atoms with van der Waals surface area (Å²) in [6.45, 7) is 4.28. The van der Waals surface area contributed by atoms with Crippen molar-refractivity contribution in [1.29, 1.82) is 0 Å². The highest BCUT2D eigenvalue weighted by Crippen LogP contribution is 2.33. The average molecular weight is 413 g/mol. The van der Waals surface area contributed by atoms with Gasteiger partial charge in [0.05, 0.1) is 12.7 Å². The highest BCUT2D eigenvalue weighted by atomic mass is 127. The van der Waals surface area contributed by atoms with Crippen molar-refractivity contribution in [3.05, 3.63) is 33.4 Å². The minimum atomic E-state index is 0.413. The summed E-state index contributed by atoms with van der Waals surface area (Å²) in [5.41, 5.74) is 1.40. The van der Waals surface area contributed by atoms with Gasteiger partial charge in [0.15, 0.2) is 0 Å². The molecule has 3 atom stereocenters. The van der Waals surface area contributed by atoms with Crippen LogP contribution in [0.25, 0.3) is 0 Å². The lowest BCUT2D eigenvalue weighted by Gasteiger charge is -2.38. The fourth-order valence-corrected chi connectivity index (χ4v) is 4.34. The number of benzene rings is 1. The van der Waals surface area contributed by atoms with Crippen LogP contribution in [-0.2, 0) is 11.2 Å². The molecule has 1 aromatic carbocycles. The van der Waals surface area contributed by atoms with Crippen LogP contribution in [0.4, 0.5) is 0 Å². The summed E-state index contributed by atoms with van der Waals surface area (Å²) in [5, 5.41) is 3.73. The maximum absolute atomic E-state index is 6.24. The fraction of sp³-hybridized carbons (Fsp3) is 0.684. The number of halogens is 1. The summed E-state index contributed by atoms with van der Waals surface area (Å²) >= 11 is 2.36. The second-order valence-electron chi connectivity index (χ2n) is 7.06. The van der Waals surface area contributed by atoms with Gasteiger partial charge in [-0.25, -0.2) is 0 Å². The molecule has 122 valence electrons. The van der Waals surface area contributed by atoms with Gasteiger partial charge in [-0.3, -0.25) is 0 Å². The SMILES string of the molecule is CC(C1CCCCC1)[C@@H]1CN[C@H](Cc2ccc(I)cc2)CO1. The number of morpholine rings is 1. The second-order valence-corrected chi connectivity index (χ2v) is 8.31. The molecule has 1 aromatic rings. The maximum atomic E-state index is 6.24. The number of ether oxygens (including phenoxy) is 1. The third-order valence-corrected chi connectivity index (χ3v) is 6.21. The second kappa shape index (κ2) is 8.11. The minimum Gasteiger partial charge on any atom is -0.375 e. The van der Waals surface area contributed by atoms with Crippen molar-refractivity contribution in [3.63, 3.8) is 0 Å². The topological polar surface area (TPSA) is 21.3 Å². The first-order valence-corrected chi connectivity index (χ1v) is 9.89. The zero-order valence-electron chi connectivity index (χ0n) is 13.6. The lowest BCUT2D eigenvalue weighted by molar-refractivity contribution is -0.0431. The van der Waals surface area contributed by atoms with E-state index in [4.69, 9.17) is 4.74 Å². The molecule has 1 heterocycles. The third-order valence-electron chi connectivity index (χ3n) is 5.49. The summed E-state index contributed by atoms with van der Waals surface area (Å²) < 4.78 is 7.54. The predicted octanol–water partition coefficient (Wildman–Crippen LogP) is 4.41. The summed E-state index contributed by atoms with van der Waals surface area (Å²) in [4.78, 5) is 0. The van der Waals surface area contributed by atoms with Crippen molar-refractivity contribution in [2.75, 3.05) is 13.2 Å². The molecule has 1 saturated heterocycles. The number of nitrogens with one attached hydrogen (secondary N) is 1. The lowest BCUT2D eigenvalue weighted by Crippen LogP contribution is -2.50. The Kier molecular flexibility index (Phi) is 6.16. The van der Waals surface area contributed by atoms with Crippen molar-refractivity contribution in [2.45, 2.75) is 57.6 Å². The molecule has 1 aliphatic carbocycles. The van der Waals surface area contributed by atoms with Crippen molar-refractivity contribution in [2.24, 2.45) is 11.8 Å². The Bertz CT molecular complexity index is 447. The van der Waals surface area contributed by atoms with Crippen LogP contribution in [0.2, 0.25) is 0 Å². The Balaban J connectivity index is 1.46. The third kappa shape index (κ3) is 4.45. The monoisotopic (exact) mass is 413 g/mol. The van der Waals surface area contributed by atoms with Crippen LogP contribution >= 0.6 is 22.6 Å². The average Bonchev–Trinajstić information content (AvgIpc) is 2.58. The van der Waals surface area contributed by atoms with Gasteiger partial charge in [0, 0.05) is 16.2 Å². The number of hydrogen-bond acceptors (Lipinski definition) is 2. The summed E-state index contributed by atoms with van der Waals surface area (Å²) in [6, 6.07) is 9.32. The Morgan fingerprint density at radius 3 is 2.55 bits per heavy atom. The molecule has 0 amide bonds. The molecule has 1 saturated carbocycles. The van der Waals surface area contributed by atoms with Crippen LogP contribution in [0, 0.1) is 15.4 Å². The van der Waals surface area contributed by atoms with Gasteiger partial charge < -0.3 is 10.1 Å². The smallest absolute Gasteiger partial charge is 0.0728 e. The van der Waals surface area contributed by atoms with E-state index in [0.717, 1.165) is 25.5 Å². The van der Waals surface area contributed by atoms with Gasteiger partial charge in [-0.2, -0.15) is 0 Å². The van der Waals surface area contributed by atoms with E-state index in [1.807, 2.05) is 0 Å². The van der Waals surface area contributed by atoms with Crippen LogP contribution in [0.3, 0.4) is 0 Å². The van der Waals surface area contributed by atoms with Crippen LogP contribution in [0.5, 0.6) is 0 Å². The quantitative estimate of drug-likeness (QED) is 0.739. The van der Waals surface area contributed by atoms with Gasteiger partial charge in [-0.15, -0.1) is 0 Å². The van der Waals surface area contributed by atoms with E-state index in [-0.39, 0.29) is 0 Å². The zero-order chi connectivity index (χ0) is 15.4. The summed E-state index contributed by atoms with van der Waals surface area (Å²) in [5.74, 6) is 1.58. The molecule has 0 radical (unpaired) electrons. The molecular formula is C19H28INO. The van der Waals surface area contributed by atoms with E-state index >= 15 is 0 Å². The largest absolute Gasteiger partial charge is 0.375 e. The molecule has 0 spiro atoms. The molecule has 2 fully saturated rings. The lowest BCUT2D eigenvalue weighted by atomic mass is 9.78. The van der Waals surface area contributed by atoms with Crippen molar-refractivity contribution in [1.82, 2.24) is 5.32 Å². The van der Waals surface area contributed by atoms with Gasteiger partial charge in [0.1, 0.15) is 0 Å². The molecule has 1 N–H and O–H groups in total. The molecule has 0 bridgehead atoms. The standard InChI is InChI=1S/C19H28INO/c1-14(16-5-3-2-4-6-16)19-12-21-18(13-22-19)11-15-7-9-17(20)10-8-15/h7-10,14,16,18-19,21H,2-6,11-13H2,1H3/t14?,18-,19+/m1/s1. The van der Waals surface area contributed by atoms with E-state index < -0.39 is 0 Å². The summed E-state index contributed by atoms with van der Waals surface area (Å²) in [6.07, 6.45) is 8.58. The molecule has 3 rings (SSSR count). The fourth-order valence-electron chi connectivity index (χ4n) is 3.98.